The quantitative estimate of drug-likeness (QED) is 0.644. The van der Waals surface area contributed by atoms with E-state index in [1.807, 2.05) is 12.1 Å². The molecule has 7 nitrogen and oxygen atoms in total. The van der Waals surface area contributed by atoms with E-state index in [2.05, 4.69) is 22.0 Å². The fourth-order valence-corrected chi connectivity index (χ4v) is 4.99. The Morgan fingerprint density at radius 1 is 1.31 bits per heavy atom. The van der Waals surface area contributed by atoms with Crippen molar-refractivity contribution in [3.05, 3.63) is 46.5 Å². The van der Waals surface area contributed by atoms with Crippen LogP contribution in [0.5, 0.6) is 0 Å². The molecule has 8 heteroatoms. The maximum atomic E-state index is 12.2. The van der Waals surface area contributed by atoms with E-state index in [1.54, 1.807) is 6.07 Å². The average molecular weight is 408 g/mol. The predicted molar refractivity (Wildman–Crippen MR) is 114 cm³/mol. The molecule has 0 saturated carbocycles. The number of benzene rings is 1. The number of allylic oxidation sites excluding steroid dienone is 2. The van der Waals surface area contributed by atoms with Gasteiger partial charge in [-0.05, 0) is 30.7 Å². The van der Waals surface area contributed by atoms with Gasteiger partial charge in [0, 0.05) is 29.1 Å². The number of aldehydes is 1. The number of ether oxygens (including phenoxy) is 1. The van der Waals surface area contributed by atoms with Gasteiger partial charge in [-0.2, -0.15) is 0 Å². The molecule has 148 valence electrons. The second kappa shape index (κ2) is 7.20. The van der Waals surface area contributed by atoms with Gasteiger partial charge in [-0.25, -0.2) is 4.98 Å². The summed E-state index contributed by atoms with van der Waals surface area (Å²) in [6.07, 6.45) is 3.47. The van der Waals surface area contributed by atoms with Crippen LogP contribution in [0.4, 0.5) is 5.69 Å². The molecule has 1 aromatic carbocycles. The molecule has 1 fully saturated rings. The number of nitrogens with one attached hydrogen (secondary N) is 1. The zero-order valence-corrected chi connectivity index (χ0v) is 16.5. The van der Waals surface area contributed by atoms with Crippen molar-refractivity contribution < 1.29 is 14.3 Å². The predicted octanol–water partition coefficient (Wildman–Crippen LogP) is 2.91. The van der Waals surface area contributed by atoms with Gasteiger partial charge in [0.2, 0.25) is 0 Å². The molecule has 1 atom stereocenters. The standard InChI is InChI=1S/C21H20N4O3S/c22-21(27)15-10-17(18-4-2-13(11-26)29-18)24-19-14-3-1-12(9-16(14)23-20(15)19)25-5-7-28-8-6-25/h1-3,9-11,18,23H,4-8H2,(H2,22,27). The molecule has 5 rings (SSSR count). The van der Waals surface area contributed by atoms with Crippen molar-refractivity contribution in [2.45, 2.75) is 11.7 Å². The van der Waals surface area contributed by atoms with Gasteiger partial charge in [-0.15, -0.1) is 11.8 Å². The highest BCUT2D eigenvalue weighted by Crippen LogP contribution is 2.43. The van der Waals surface area contributed by atoms with Gasteiger partial charge >= 0.3 is 0 Å². The van der Waals surface area contributed by atoms with Crippen molar-refractivity contribution >= 4 is 51.6 Å². The van der Waals surface area contributed by atoms with E-state index < -0.39 is 5.91 Å². The van der Waals surface area contributed by atoms with E-state index in [-0.39, 0.29) is 5.25 Å². The van der Waals surface area contributed by atoms with Crippen molar-refractivity contribution in [1.82, 2.24) is 9.97 Å². The van der Waals surface area contributed by atoms with Crippen molar-refractivity contribution in [2.75, 3.05) is 31.2 Å². The Morgan fingerprint density at radius 2 is 2.14 bits per heavy atom. The number of rotatable bonds is 4. The maximum Gasteiger partial charge on any atom is 0.250 e. The van der Waals surface area contributed by atoms with E-state index in [0.29, 0.717) is 22.4 Å². The summed E-state index contributed by atoms with van der Waals surface area (Å²) in [5.41, 5.74) is 10.3. The number of anilines is 1. The lowest BCUT2D eigenvalue weighted by Crippen LogP contribution is -2.36. The molecule has 1 unspecified atom stereocenters. The number of H-pyrrole nitrogens is 1. The summed E-state index contributed by atoms with van der Waals surface area (Å²) in [7, 11) is 0. The maximum absolute atomic E-state index is 12.2. The van der Waals surface area contributed by atoms with Crippen LogP contribution in [0, 0.1) is 0 Å². The molecular formula is C21H20N4O3S. The molecule has 0 radical (unpaired) electrons. The zero-order valence-electron chi connectivity index (χ0n) is 15.7. The third kappa shape index (κ3) is 3.18. The molecule has 4 heterocycles. The molecule has 2 aliphatic heterocycles. The van der Waals surface area contributed by atoms with Crippen LogP contribution in [-0.2, 0) is 9.53 Å². The lowest BCUT2D eigenvalue weighted by atomic mass is 10.1. The van der Waals surface area contributed by atoms with Gasteiger partial charge < -0.3 is 20.4 Å². The fourth-order valence-electron chi connectivity index (χ4n) is 3.98. The van der Waals surface area contributed by atoms with Gasteiger partial charge in [0.25, 0.3) is 5.91 Å². The van der Waals surface area contributed by atoms with E-state index in [0.717, 1.165) is 60.4 Å². The summed E-state index contributed by atoms with van der Waals surface area (Å²) < 4.78 is 5.44. The number of aromatic amines is 1. The normalized spacial score (nSPS) is 19.7. The molecule has 2 aliphatic rings. The Hall–Kier alpha value is -2.84. The summed E-state index contributed by atoms with van der Waals surface area (Å²) in [5.74, 6) is -0.495. The molecule has 2 aromatic heterocycles. The van der Waals surface area contributed by atoms with Crippen LogP contribution in [0.1, 0.15) is 27.7 Å². The highest BCUT2D eigenvalue weighted by Gasteiger charge is 2.24. The van der Waals surface area contributed by atoms with Crippen LogP contribution >= 0.6 is 11.8 Å². The monoisotopic (exact) mass is 408 g/mol. The first-order chi connectivity index (χ1) is 14.1. The van der Waals surface area contributed by atoms with Crippen LogP contribution in [0.15, 0.2) is 35.2 Å². The Kier molecular flexibility index (Phi) is 4.52. The van der Waals surface area contributed by atoms with E-state index in [9.17, 15) is 9.59 Å². The van der Waals surface area contributed by atoms with E-state index >= 15 is 0 Å². The molecule has 0 bridgehead atoms. The summed E-state index contributed by atoms with van der Waals surface area (Å²) in [5, 5.41) is 0.961. The minimum Gasteiger partial charge on any atom is -0.378 e. The number of hydrogen-bond donors (Lipinski definition) is 2. The van der Waals surface area contributed by atoms with Crippen molar-refractivity contribution in [2.24, 2.45) is 5.73 Å². The van der Waals surface area contributed by atoms with Crippen LogP contribution in [0.3, 0.4) is 0 Å². The largest absolute Gasteiger partial charge is 0.378 e. The van der Waals surface area contributed by atoms with Crippen LogP contribution in [0.2, 0.25) is 0 Å². The zero-order chi connectivity index (χ0) is 20.0. The Morgan fingerprint density at radius 3 is 2.86 bits per heavy atom. The number of morpholine rings is 1. The number of nitrogens with zero attached hydrogens (tertiary/aromatic N) is 2. The number of primary amides is 1. The second-order valence-electron chi connectivity index (χ2n) is 7.20. The summed E-state index contributed by atoms with van der Waals surface area (Å²) in [6.45, 7) is 3.14. The second-order valence-corrected chi connectivity index (χ2v) is 8.48. The molecule has 1 saturated heterocycles. The number of hydrogen-bond acceptors (Lipinski definition) is 6. The number of aromatic nitrogens is 2. The lowest BCUT2D eigenvalue weighted by Gasteiger charge is -2.28. The first-order valence-electron chi connectivity index (χ1n) is 9.55. The van der Waals surface area contributed by atoms with Crippen LogP contribution < -0.4 is 10.6 Å². The summed E-state index contributed by atoms with van der Waals surface area (Å²) in [6, 6.07) is 7.96. The molecular weight excluding hydrogens is 388 g/mol. The highest BCUT2D eigenvalue weighted by molar-refractivity contribution is 8.04. The minimum absolute atomic E-state index is 0.00951. The molecule has 3 aromatic rings. The highest BCUT2D eigenvalue weighted by atomic mass is 32.2. The number of carbonyl (C=O) groups excluding carboxylic acids is 2. The van der Waals surface area contributed by atoms with Crippen molar-refractivity contribution in [3.63, 3.8) is 0 Å². The SMILES string of the molecule is NC(=O)c1cc(C2CC=C(C=O)S2)nc2c1[nH]c1cc(N3CCOCC3)ccc12. The number of nitrogens with two attached hydrogens (primary N) is 1. The van der Waals surface area contributed by atoms with Crippen molar-refractivity contribution in [3.8, 4) is 0 Å². The first-order valence-corrected chi connectivity index (χ1v) is 10.4. The third-order valence-electron chi connectivity index (χ3n) is 5.46. The summed E-state index contributed by atoms with van der Waals surface area (Å²) >= 11 is 1.47. The topological polar surface area (TPSA) is 101 Å². The van der Waals surface area contributed by atoms with Gasteiger partial charge in [0.05, 0.1) is 46.3 Å². The lowest BCUT2D eigenvalue weighted by molar-refractivity contribution is -0.104. The number of thioether (sulfide) groups is 1. The number of fused-ring (bicyclic) bond motifs is 3. The number of carbonyl (C=O) groups is 2. The van der Waals surface area contributed by atoms with Gasteiger partial charge in [0.15, 0.2) is 6.29 Å². The van der Waals surface area contributed by atoms with Crippen LogP contribution in [0.25, 0.3) is 21.9 Å². The Bertz CT molecular complexity index is 1160. The Labute approximate surface area is 171 Å². The minimum atomic E-state index is -0.495. The van der Waals surface area contributed by atoms with E-state index in [4.69, 9.17) is 15.5 Å². The molecule has 29 heavy (non-hydrogen) atoms. The molecule has 3 N–H and O–H groups in total. The van der Waals surface area contributed by atoms with Crippen LogP contribution in [-0.4, -0.2) is 48.5 Å². The fraction of sp³-hybridized carbons (Fsp3) is 0.286. The number of pyridine rings is 1. The third-order valence-corrected chi connectivity index (χ3v) is 6.71. The van der Waals surface area contributed by atoms with Crippen molar-refractivity contribution in [1.29, 1.82) is 0 Å². The average Bonchev–Trinajstić information content (AvgIpc) is 3.37. The summed E-state index contributed by atoms with van der Waals surface area (Å²) in [4.78, 5) is 34.4. The van der Waals surface area contributed by atoms with E-state index in [1.165, 1.54) is 11.8 Å². The first kappa shape index (κ1) is 18.2. The molecule has 0 aliphatic carbocycles. The van der Waals surface area contributed by atoms with Gasteiger partial charge in [-0.1, -0.05) is 6.08 Å². The van der Waals surface area contributed by atoms with Gasteiger partial charge in [-0.3, -0.25) is 9.59 Å². The number of amides is 1. The van der Waals surface area contributed by atoms with Gasteiger partial charge in [0.1, 0.15) is 0 Å². The Balaban J connectivity index is 1.62. The molecule has 1 amide bonds. The smallest absolute Gasteiger partial charge is 0.250 e. The molecule has 0 spiro atoms.